The molecule has 0 radical (unpaired) electrons. The number of hydrogen-bond donors (Lipinski definition) is 1. The van der Waals surface area contributed by atoms with E-state index in [0.717, 1.165) is 17.9 Å². The number of aryl methyl sites for hydroxylation is 1. The van der Waals surface area contributed by atoms with Crippen LogP contribution in [-0.2, 0) is 9.84 Å². The van der Waals surface area contributed by atoms with E-state index in [4.69, 9.17) is 0 Å². The van der Waals surface area contributed by atoms with Crippen LogP contribution < -0.4 is 5.32 Å². The van der Waals surface area contributed by atoms with Gasteiger partial charge in [-0.3, -0.25) is 9.97 Å². The molecule has 0 saturated carbocycles. The number of sulfone groups is 1. The maximum absolute atomic E-state index is 11.2. The number of aromatic nitrogens is 2. The summed E-state index contributed by atoms with van der Waals surface area (Å²) in [7, 11) is -2.94. The lowest BCUT2D eigenvalue weighted by Crippen LogP contribution is -2.24. The third-order valence-corrected chi connectivity index (χ3v) is 3.36. The van der Waals surface area contributed by atoms with Crippen LogP contribution in [0.4, 0.5) is 0 Å². The number of nitrogens with one attached hydrogen (secondary N) is 1. The van der Waals surface area contributed by atoms with Crippen LogP contribution in [0, 0.1) is 6.92 Å². The Balaban J connectivity index is 2.75. The second kappa shape index (κ2) is 6.07. The van der Waals surface area contributed by atoms with Crippen molar-refractivity contribution >= 4 is 9.84 Å². The molecule has 96 valence electrons. The summed E-state index contributed by atoms with van der Waals surface area (Å²) < 4.78 is 22.3. The van der Waals surface area contributed by atoms with Crippen LogP contribution >= 0.6 is 0 Å². The van der Waals surface area contributed by atoms with E-state index in [1.54, 1.807) is 12.4 Å². The molecule has 1 heterocycles. The Kier molecular flexibility index (Phi) is 5.02. The van der Waals surface area contributed by atoms with Gasteiger partial charge in [0.05, 0.1) is 29.4 Å². The van der Waals surface area contributed by atoms with Crippen LogP contribution in [0.2, 0.25) is 0 Å². The van der Waals surface area contributed by atoms with Crippen LogP contribution in [0.1, 0.15) is 30.8 Å². The lowest BCUT2D eigenvalue weighted by Gasteiger charge is -2.16. The van der Waals surface area contributed by atoms with E-state index in [2.05, 4.69) is 15.3 Å². The Morgan fingerprint density at radius 1 is 1.35 bits per heavy atom. The van der Waals surface area contributed by atoms with Gasteiger partial charge in [0, 0.05) is 12.5 Å². The summed E-state index contributed by atoms with van der Waals surface area (Å²) in [5.74, 6) is 0.153. The molecular formula is C11H19N3O2S. The molecule has 1 N–H and O–H groups in total. The number of hydrogen-bond acceptors (Lipinski definition) is 5. The molecule has 0 amide bonds. The summed E-state index contributed by atoms with van der Waals surface area (Å²) in [5.41, 5.74) is 1.65. The van der Waals surface area contributed by atoms with Crippen molar-refractivity contribution in [3.05, 3.63) is 23.8 Å². The van der Waals surface area contributed by atoms with Crippen molar-refractivity contribution in [2.45, 2.75) is 26.3 Å². The highest BCUT2D eigenvalue weighted by Gasteiger charge is 2.14. The first-order chi connectivity index (χ1) is 7.92. The van der Waals surface area contributed by atoms with E-state index in [0.29, 0.717) is 6.42 Å². The fourth-order valence-corrected chi connectivity index (χ4v) is 2.18. The monoisotopic (exact) mass is 257 g/mol. The van der Waals surface area contributed by atoms with Crippen molar-refractivity contribution in [2.75, 3.05) is 18.6 Å². The highest BCUT2D eigenvalue weighted by molar-refractivity contribution is 7.90. The molecule has 1 unspecified atom stereocenters. The normalized spacial score (nSPS) is 13.6. The highest BCUT2D eigenvalue weighted by Crippen LogP contribution is 2.14. The first kappa shape index (κ1) is 14.1. The topological polar surface area (TPSA) is 72.0 Å². The minimum atomic E-state index is -2.94. The lowest BCUT2D eigenvalue weighted by molar-refractivity contribution is 0.517. The fourth-order valence-electron chi connectivity index (χ4n) is 1.52. The average molecular weight is 257 g/mol. The summed E-state index contributed by atoms with van der Waals surface area (Å²) in [6, 6.07) is -0.0529. The summed E-state index contributed by atoms with van der Waals surface area (Å²) in [6.45, 7) is 4.62. The quantitative estimate of drug-likeness (QED) is 0.818. The molecular weight excluding hydrogens is 238 g/mol. The van der Waals surface area contributed by atoms with Gasteiger partial charge in [0.2, 0.25) is 0 Å². The summed E-state index contributed by atoms with van der Waals surface area (Å²) in [6.07, 6.45) is 5.16. The zero-order chi connectivity index (χ0) is 12.9. The molecule has 17 heavy (non-hydrogen) atoms. The first-order valence-corrected chi connectivity index (χ1v) is 7.68. The fraction of sp³-hybridized carbons (Fsp3) is 0.636. The maximum Gasteiger partial charge on any atom is 0.147 e. The van der Waals surface area contributed by atoms with E-state index in [-0.39, 0.29) is 11.8 Å². The van der Waals surface area contributed by atoms with Gasteiger partial charge in [0.15, 0.2) is 0 Å². The van der Waals surface area contributed by atoms with Gasteiger partial charge in [-0.25, -0.2) is 8.42 Å². The SMILES string of the molecule is CCNC(CCS(C)(=O)=O)c1cnc(C)cn1. The van der Waals surface area contributed by atoms with Gasteiger partial charge in [0.1, 0.15) is 9.84 Å². The van der Waals surface area contributed by atoms with Crippen LogP contribution in [0.3, 0.4) is 0 Å². The summed E-state index contributed by atoms with van der Waals surface area (Å²) in [5, 5.41) is 3.22. The predicted molar refractivity (Wildman–Crippen MR) is 67.5 cm³/mol. The molecule has 0 aliphatic heterocycles. The Morgan fingerprint density at radius 3 is 2.53 bits per heavy atom. The van der Waals surface area contributed by atoms with E-state index in [1.807, 2.05) is 13.8 Å². The molecule has 1 aromatic heterocycles. The van der Waals surface area contributed by atoms with E-state index in [1.165, 1.54) is 6.26 Å². The molecule has 0 aliphatic rings. The Bertz CT molecular complexity index is 442. The van der Waals surface area contributed by atoms with E-state index in [9.17, 15) is 8.42 Å². The van der Waals surface area contributed by atoms with Crippen LogP contribution in [0.5, 0.6) is 0 Å². The molecule has 0 aliphatic carbocycles. The van der Waals surface area contributed by atoms with Gasteiger partial charge in [-0.2, -0.15) is 0 Å². The molecule has 0 saturated heterocycles. The maximum atomic E-state index is 11.2. The summed E-state index contributed by atoms with van der Waals surface area (Å²) >= 11 is 0. The van der Waals surface area contributed by atoms with Crippen molar-refractivity contribution < 1.29 is 8.42 Å². The van der Waals surface area contributed by atoms with Crippen LogP contribution in [0.25, 0.3) is 0 Å². The lowest BCUT2D eigenvalue weighted by atomic mass is 10.1. The van der Waals surface area contributed by atoms with Gasteiger partial charge in [-0.05, 0) is 19.9 Å². The molecule has 0 bridgehead atoms. The predicted octanol–water partition coefficient (Wildman–Crippen LogP) is 0.870. The minimum Gasteiger partial charge on any atom is -0.309 e. The van der Waals surface area contributed by atoms with Crippen molar-refractivity contribution in [1.82, 2.24) is 15.3 Å². The second-order valence-electron chi connectivity index (χ2n) is 4.11. The molecule has 6 heteroatoms. The first-order valence-electron chi connectivity index (χ1n) is 5.62. The zero-order valence-corrected chi connectivity index (χ0v) is 11.3. The second-order valence-corrected chi connectivity index (χ2v) is 6.37. The van der Waals surface area contributed by atoms with Gasteiger partial charge < -0.3 is 5.32 Å². The average Bonchev–Trinajstić information content (AvgIpc) is 2.24. The third kappa shape index (κ3) is 5.23. The third-order valence-electron chi connectivity index (χ3n) is 2.39. The molecule has 1 atom stereocenters. The Hall–Kier alpha value is -1.01. The van der Waals surface area contributed by atoms with Crippen molar-refractivity contribution in [3.8, 4) is 0 Å². The minimum absolute atomic E-state index is 0.0529. The largest absolute Gasteiger partial charge is 0.309 e. The number of rotatable bonds is 6. The van der Waals surface area contributed by atoms with Crippen LogP contribution in [-0.4, -0.2) is 36.9 Å². The van der Waals surface area contributed by atoms with Crippen molar-refractivity contribution in [2.24, 2.45) is 0 Å². The van der Waals surface area contributed by atoms with Gasteiger partial charge in [0.25, 0.3) is 0 Å². The molecule has 5 nitrogen and oxygen atoms in total. The standard InChI is InChI=1S/C11H19N3O2S/c1-4-12-10(5-6-17(3,15)16)11-8-13-9(2)7-14-11/h7-8,10,12H,4-6H2,1-3H3. The van der Waals surface area contributed by atoms with E-state index < -0.39 is 9.84 Å². The smallest absolute Gasteiger partial charge is 0.147 e. The molecule has 0 fully saturated rings. The zero-order valence-electron chi connectivity index (χ0n) is 10.5. The van der Waals surface area contributed by atoms with E-state index >= 15 is 0 Å². The number of nitrogens with zero attached hydrogens (tertiary/aromatic N) is 2. The molecule has 0 spiro atoms. The molecule has 1 aromatic rings. The highest BCUT2D eigenvalue weighted by atomic mass is 32.2. The molecule has 0 aromatic carbocycles. The van der Waals surface area contributed by atoms with Gasteiger partial charge >= 0.3 is 0 Å². The van der Waals surface area contributed by atoms with Crippen molar-refractivity contribution in [1.29, 1.82) is 0 Å². The van der Waals surface area contributed by atoms with Gasteiger partial charge in [-0.1, -0.05) is 6.92 Å². The van der Waals surface area contributed by atoms with Crippen molar-refractivity contribution in [3.63, 3.8) is 0 Å². The van der Waals surface area contributed by atoms with Crippen LogP contribution in [0.15, 0.2) is 12.4 Å². The van der Waals surface area contributed by atoms with Gasteiger partial charge in [-0.15, -0.1) is 0 Å². The Morgan fingerprint density at radius 2 is 2.06 bits per heavy atom. The molecule has 1 rings (SSSR count). The summed E-state index contributed by atoms with van der Waals surface area (Å²) in [4.78, 5) is 8.45. The Labute approximate surface area is 103 Å².